The Morgan fingerprint density at radius 1 is 1.19 bits per heavy atom. The van der Waals surface area contributed by atoms with Crippen molar-refractivity contribution in [2.24, 2.45) is 5.10 Å². The van der Waals surface area contributed by atoms with Crippen molar-refractivity contribution < 1.29 is 14.3 Å². The number of aromatic nitrogens is 2. The van der Waals surface area contributed by atoms with E-state index in [4.69, 9.17) is 9.47 Å². The van der Waals surface area contributed by atoms with Crippen LogP contribution >= 0.6 is 0 Å². The fraction of sp³-hybridized carbons (Fsp3) is 0.111. The number of carbonyl (C=O) groups is 1. The molecule has 2 aromatic carbocycles. The van der Waals surface area contributed by atoms with E-state index in [0.717, 1.165) is 0 Å². The van der Waals surface area contributed by atoms with Gasteiger partial charge in [-0.25, -0.2) is 10.4 Å². The molecule has 0 bridgehead atoms. The zero-order chi connectivity index (χ0) is 18.5. The predicted molar refractivity (Wildman–Crippen MR) is 97.0 cm³/mol. The Kier molecular flexibility index (Phi) is 4.93. The second kappa shape index (κ2) is 7.47. The lowest BCUT2D eigenvalue weighted by molar-refractivity contribution is 0.0945. The molecule has 0 spiro atoms. The second-order valence-electron chi connectivity index (χ2n) is 5.24. The average molecular weight is 352 g/mol. The van der Waals surface area contributed by atoms with Crippen molar-refractivity contribution in [3.05, 3.63) is 64.2 Å². The van der Waals surface area contributed by atoms with E-state index in [0.29, 0.717) is 28.0 Å². The fourth-order valence-electron chi connectivity index (χ4n) is 2.35. The number of rotatable bonds is 5. The smallest absolute Gasteiger partial charge is 0.307 e. The van der Waals surface area contributed by atoms with Gasteiger partial charge in [0, 0.05) is 5.56 Å². The Labute approximate surface area is 148 Å². The molecule has 8 heteroatoms. The molecule has 0 aliphatic rings. The molecule has 0 unspecified atom stereocenters. The van der Waals surface area contributed by atoms with Crippen LogP contribution in [0.2, 0.25) is 0 Å². The van der Waals surface area contributed by atoms with Crippen LogP contribution in [0.5, 0.6) is 11.5 Å². The van der Waals surface area contributed by atoms with E-state index in [2.05, 4.69) is 20.5 Å². The summed E-state index contributed by atoms with van der Waals surface area (Å²) in [5.74, 6) is 0.439. The van der Waals surface area contributed by atoms with Gasteiger partial charge in [-0.3, -0.25) is 9.59 Å². The number of nitrogens with zero attached hydrogens (tertiary/aromatic N) is 2. The van der Waals surface area contributed by atoms with Crippen LogP contribution in [-0.2, 0) is 0 Å². The Balaban J connectivity index is 1.81. The van der Waals surface area contributed by atoms with Crippen molar-refractivity contribution in [3.63, 3.8) is 0 Å². The summed E-state index contributed by atoms with van der Waals surface area (Å²) < 4.78 is 10.4. The van der Waals surface area contributed by atoms with Crippen LogP contribution in [0.25, 0.3) is 10.9 Å². The molecule has 26 heavy (non-hydrogen) atoms. The highest BCUT2D eigenvalue weighted by atomic mass is 16.5. The molecule has 3 aromatic rings. The third-order valence-corrected chi connectivity index (χ3v) is 3.63. The first-order chi connectivity index (χ1) is 12.6. The molecule has 0 saturated heterocycles. The van der Waals surface area contributed by atoms with Gasteiger partial charge in [0.2, 0.25) is 5.82 Å². The summed E-state index contributed by atoms with van der Waals surface area (Å²) in [6, 6.07) is 11.9. The molecule has 132 valence electrons. The van der Waals surface area contributed by atoms with E-state index in [-0.39, 0.29) is 11.4 Å². The van der Waals surface area contributed by atoms with E-state index < -0.39 is 5.91 Å². The Bertz CT molecular complexity index is 1040. The zero-order valence-electron chi connectivity index (χ0n) is 14.1. The van der Waals surface area contributed by atoms with Crippen molar-refractivity contribution in [2.45, 2.75) is 0 Å². The molecule has 2 N–H and O–H groups in total. The Morgan fingerprint density at radius 2 is 2.00 bits per heavy atom. The molecular weight excluding hydrogens is 336 g/mol. The summed E-state index contributed by atoms with van der Waals surface area (Å²) in [6.07, 6.45) is 1.42. The van der Waals surface area contributed by atoms with E-state index >= 15 is 0 Å². The standard InChI is InChI=1S/C18H16N4O4/c1-25-12-7-8-15(26-2)11(9-12)10-19-22-18(24)16-20-14-6-4-3-5-13(14)17(23)21-16/h3-10H,1-2H3,(H,22,24)(H,20,21,23)/b19-10-. The number of ether oxygens (including phenoxy) is 2. The minimum absolute atomic E-state index is 0.122. The van der Waals surface area contributed by atoms with Crippen LogP contribution in [0.15, 0.2) is 52.4 Å². The Hall–Kier alpha value is -3.68. The van der Waals surface area contributed by atoms with E-state index in [1.807, 2.05) is 0 Å². The number of amides is 1. The molecule has 0 saturated carbocycles. The highest BCUT2D eigenvalue weighted by Gasteiger charge is 2.10. The van der Waals surface area contributed by atoms with Crippen molar-refractivity contribution in [1.82, 2.24) is 15.4 Å². The average Bonchev–Trinajstić information content (AvgIpc) is 2.67. The maximum Gasteiger partial charge on any atom is 0.307 e. The molecule has 3 rings (SSSR count). The van der Waals surface area contributed by atoms with Crippen molar-refractivity contribution >= 4 is 23.0 Å². The topological polar surface area (TPSA) is 106 Å². The van der Waals surface area contributed by atoms with Crippen molar-refractivity contribution in [1.29, 1.82) is 0 Å². The van der Waals surface area contributed by atoms with Gasteiger partial charge in [-0.15, -0.1) is 0 Å². The predicted octanol–water partition coefficient (Wildman–Crippen LogP) is 1.70. The minimum atomic E-state index is -0.633. The van der Waals surface area contributed by atoms with Gasteiger partial charge in [0.25, 0.3) is 5.56 Å². The first-order valence-electron chi connectivity index (χ1n) is 7.67. The number of hydrazone groups is 1. The highest BCUT2D eigenvalue weighted by molar-refractivity contribution is 5.93. The number of hydrogen-bond donors (Lipinski definition) is 2. The molecule has 8 nitrogen and oxygen atoms in total. The van der Waals surface area contributed by atoms with Crippen LogP contribution < -0.4 is 20.5 Å². The van der Waals surface area contributed by atoms with Gasteiger partial charge in [-0.2, -0.15) is 5.10 Å². The third kappa shape index (κ3) is 3.54. The van der Waals surface area contributed by atoms with Crippen LogP contribution in [0.3, 0.4) is 0 Å². The molecule has 1 heterocycles. The van der Waals surface area contributed by atoms with E-state index in [1.165, 1.54) is 13.3 Å². The first kappa shape index (κ1) is 17.2. The van der Waals surface area contributed by atoms with Gasteiger partial charge in [-0.1, -0.05) is 12.1 Å². The van der Waals surface area contributed by atoms with Gasteiger partial charge < -0.3 is 14.5 Å². The highest BCUT2D eigenvalue weighted by Crippen LogP contribution is 2.22. The number of H-pyrrole nitrogens is 1. The quantitative estimate of drug-likeness (QED) is 0.537. The second-order valence-corrected chi connectivity index (χ2v) is 5.24. The lowest BCUT2D eigenvalue weighted by Gasteiger charge is -2.06. The van der Waals surface area contributed by atoms with Gasteiger partial charge in [0.1, 0.15) is 11.5 Å². The first-order valence-corrected chi connectivity index (χ1v) is 7.67. The third-order valence-electron chi connectivity index (χ3n) is 3.63. The fourth-order valence-corrected chi connectivity index (χ4v) is 2.35. The van der Waals surface area contributed by atoms with Gasteiger partial charge in [0.15, 0.2) is 0 Å². The number of nitrogens with one attached hydrogen (secondary N) is 2. The maximum absolute atomic E-state index is 12.2. The molecule has 0 aliphatic carbocycles. The number of fused-ring (bicyclic) bond motifs is 1. The number of methoxy groups -OCH3 is 2. The maximum atomic E-state index is 12.2. The summed E-state index contributed by atoms with van der Waals surface area (Å²) >= 11 is 0. The molecule has 0 radical (unpaired) electrons. The number of para-hydroxylation sites is 1. The lowest BCUT2D eigenvalue weighted by Crippen LogP contribution is -2.24. The van der Waals surface area contributed by atoms with Crippen LogP contribution in [0.4, 0.5) is 0 Å². The number of benzene rings is 2. The monoisotopic (exact) mass is 352 g/mol. The van der Waals surface area contributed by atoms with Gasteiger partial charge in [0.05, 0.1) is 31.3 Å². The molecule has 1 aromatic heterocycles. The molecule has 0 atom stereocenters. The number of hydrogen-bond acceptors (Lipinski definition) is 6. The minimum Gasteiger partial charge on any atom is -0.497 e. The largest absolute Gasteiger partial charge is 0.497 e. The number of aromatic amines is 1. The summed E-state index contributed by atoms with van der Waals surface area (Å²) in [6.45, 7) is 0. The molecule has 1 amide bonds. The Morgan fingerprint density at radius 3 is 2.77 bits per heavy atom. The van der Waals surface area contributed by atoms with Crippen LogP contribution in [-0.4, -0.2) is 36.3 Å². The van der Waals surface area contributed by atoms with Gasteiger partial charge in [-0.05, 0) is 30.3 Å². The van der Waals surface area contributed by atoms with Gasteiger partial charge >= 0.3 is 5.91 Å². The summed E-state index contributed by atoms with van der Waals surface area (Å²) in [7, 11) is 3.08. The summed E-state index contributed by atoms with van der Waals surface area (Å²) in [5.41, 5.74) is 2.99. The summed E-state index contributed by atoms with van der Waals surface area (Å²) in [5, 5.41) is 4.30. The van der Waals surface area contributed by atoms with Crippen LogP contribution in [0.1, 0.15) is 16.2 Å². The molecule has 0 fully saturated rings. The number of carbonyl (C=O) groups excluding carboxylic acids is 1. The van der Waals surface area contributed by atoms with Crippen molar-refractivity contribution in [3.8, 4) is 11.5 Å². The summed E-state index contributed by atoms with van der Waals surface area (Å²) in [4.78, 5) is 30.8. The lowest BCUT2D eigenvalue weighted by atomic mass is 10.2. The van der Waals surface area contributed by atoms with E-state index in [9.17, 15) is 9.59 Å². The SMILES string of the molecule is COc1ccc(OC)c(/C=N\NC(=O)c2nc3ccccc3c(=O)[nH]2)c1. The molecule has 0 aliphatic heterocycles. The van der Waals surface area contributed by atoms with Crippen LogP contribution in [0, 0.1) is 0 Å². The van der Waals surface area contributed by atoms with Crippen molar-refractivity contribution in [2.75, 3.05) is 14.2 Å². The normalized spacial score (nSPS) is 10.8. The zero-order valence-corrected chi connectivity index (χ0v) is 14.1. The van der Waals surface area contributed by atoms with E-state index in [1.54, 1.807) is 49.6 Å². The molecular formula is C18H16N4O4.